The molecule has 0 aliphatic rings. The van der Waals surface area contributed by atoms with Crippen molar-refractivity contribution in [3.05, 3.63) is 36.5 Å². The molecule has 0 saturated heterocycles. The minimum absolute atomic E-state index is 0.0263. The molecule has 6 heteroatoms. The third kappa shape index (κ3) is 4.44. The Kier molecular flexibility index (Phi) is 5.73. The third-order valence-corrected chi connectivity index (χ3v) is 3.77. The minimum atomic E-state index is -1.06. The lowest BCUT2D eigenvalue weighted by atomic mass is 10.0. The van der Waals surface area contributed by atoms with E-state index in [1.54, 1.807) is 6.20 Å². The number of carboxylic acid groups (broad SMARTS) is 1. The van der Waals surface area contributed by atoms with Gasteiger partial charge in [0.15, 0.2) is 0 Å². The van der Waals surface area contributed by atoms with Crippen molar-refractivity contribution in [1.29, 1.82) is 0 Å². The van der Waals surface area contributed by atoms with Crippen molar-refractivity contribution in [3.63, 3.8) is 0 Å². The Morgan fingerprint density at radius 3 is 2.50 bits per heavy atom. The SMILES string of the molecule is CC(C)CC(NC(=O)CCC(=O)n1ccc2ccccc21)C(=O)O. The predicted molar refractivity (Wildman–Crippen MR) is 90.8 cm³/mol. The Morgan fingerprint density at radius 1 is 1.12 bits per heavy atom. The molecule has 2 N–H and O–H groups in total. The van der Waals surface area contributed by atoms with Crippen LogP contribution >= 0.6 is 0 Å². The van der Waals surface area contributed by atoms with E-state index in [4.69, 9.17) is 5.11 Å². The van der Waals surface area contributed by atoms with Crippen LogP contribution in [0.4, 0.5) is 0 Å². The molecule has 0 bridgehead atoms. The van der Waals surface area contributed by atoms with E-state index in [0.29, 0.717) is 6.42 Å². The summed E-state index contributed by atoms with van der Waals surface area (Å²) in [6, 6.07) is 8.43. The fourth-order valence-corrected chi connectivity index (χ4v) is 2.60. The molecule has 0 spiro atoms. The van der Waals surface area contributed by atoms with E-state index in [0.717, 1.165) is 10.9 Å². The van der Waals surface area contributed by atoms with Gasteiger partial charge in [-0.2, -0.15) is 0 Å². The van der Waals surface area contributed by atoms with Gasteiger partial charge in [-0.25, -0.2) is 4.79 Å². The molecule has 1 unspecified atom stereocenters. The quantitative estimate of drug-likeness (QED) is 0.817. The van der Waals surface area contributed by atoms with Crippen LogP contribution in [0.2, 0.25) is 0 Å². The van der Waals surface area contributed by atoms with Crippen LogP contribution in [0.5, 0.6) is 0 Å². The molecule has 0 fully saturated rings. The third-order valence-electron chi connectivity index (χ3n) is 3.77. The largest absolute Gasteiger partial charge is 0.480 e. The fourth-order valence-electron chi connectivity index (χ4n) is 2.60. The molecule has 1 amide bonds. The van der Waals surface area contributed by atoms with Crippen LogP contribution in [0.1, 0.15) is 37.9 Å². The number of benzene rings is 1. The zero-order chi connectivity index (χ0) is 17.7. The number of fused-ring (bicyclic) bond motifs is 1. The number of aliphatic carboxylic acids is 1. The number of nitrogens with one attached hydrogen (secondary N) is 1. The second-order valence-corrected chi connectivity index (χ2v) is 6.23. The van der Waals surface area contributed by atoms with Crippen LogP contribution in [0.3, 0.4) is 0 Å². The molecule has 2 aromatic rings. The number of amides is 1. The van der Waals surface area contributed by atoms with Crippen molar-refractivity contribution in [1.82, 2.24) is 9.88 Å². The monoisotopic (exact) mass is 330 g/mol. The van der Waals surface area contributed by atoms with Gasteiger partial charge in [0.1, 0.15) is 6.04 Å². The van der Waals surface area contributed by atoms with E-state index in [-0.39, 0.29) is 24.7 Å². The topological polar surface area (TPSA) is 88.4 Å². The number of para-hydroxylation sites is 1. The van der Waals surface area contributed by atoms with E-state index >= 15 is 0 Å². The van der Waals surface area contributed by atoms with Gasteiger partial charge in [0.25, 0.3) is 0 Å². The van der Waals surface area contributed by atoms with Crippen LogP contribution in [-0.4, -0.2) is 33.5 Å². The van der Waals surface area contributed by atoms with Gasteiger partial charge >= 0.3 is 5.97 Å². The lowest BCUT2D eigenvalue weighted by Crippen LogP contribution is -2.41. The summed E-state index contributed by atoms with van der Waals surface area (Å²) in [5.74, 6) is -1.52. The predicted octanol–water partition coefficient (Wildman–Crippen LogP) is 2.68. The van der Waals surface area contributed by atoms with Gasteiger partial charge in [0, 0.05) is 24.4 Å². The lowest BCUT2D eigenvalue weighted by Gasteiger charge is -2.16. The number of carbonyl (C=O) groups is 3. The molecular weight excluding hydrogens is 308 g/mol. The van der Waals surface area contributed by atoms with Crippen molar-refractivity contribution in [3.8, 4) is 0 Å². The van der Waals surface area contributed by atoms with E-state index < -0.39 is 17.9 Å². The van der Waals surface area contributed by atoms with Gasteiger partial charge in [-0.3, -0.25) is 14.2 Å². The zero-order valence-electron chi connectivity index (χ0n) is 13.9. The van der Waals surface area contributed by atoms with Crippen molar-refractivity contribution in [2.24, 2.45) is 5.92 Å². The standard InChI is InChI=1S/C18H22N2O4/c1-12(2)11-14(18(23)24)19-16(21)7-8-17(22)20-10-9-13-5-3-4-6-15(13)20/h3-6,9-10,12,14H,7-8,11H2,1-2H3,(H,19,21)(H,23,24). The van der Waals surface area contributed by atoms with E-state index in [9.17, 15) is 14.4 Å². The van der Waals surface area contributed by atoms with Crippen LogP contribution in [0.25, 0.3) is 10.9 Å². The van der Waals surface area contributed by atoms with Gasteiger partial charge < -0.3 is 10.4 Å². The first-order valence-corrected chi connectivity index (χ1v) is 8.00. The molecule has 6 nitrogen and oxygen atoms in total. The van der Waals surface area contributed by atoms with Crippen LogP contribution in [0.15, 0.2) is 36.5 Å². The van der Waals surface area contributed by atoms with Gasteiger partial charge in [-0.1, -0.05) is 32.0 Å². The van der Waals surface area contributed by atoms with Crippen LogP contribution in [-0.2, 0) is 9.59 Å². The first-order chi connectivity index (χ1) is 11.4. The Labute approximate surface area is 140 Å². The smallest absolute Gasteiger partial charge is 0.326 e. The molecule has 128 valence electrons. The van der Waals surface area contributed by atoms with E-state index in [1.807, 2.05) is 44.2 Å². The molecule has 0 saturated carbocycles. The highest BCUT2D eigenvalue weighted by Gasteiger charge is 2.21. The number of hydrogen-bond donors (Lipinski definition) is 2. The summed E-state index contributed by atoms with van der Waals surface area (Å²) in [6.45, 7) is 3.78. The summed E-state index contributed by atoms with van der Waals surface area (Å²) < 4.78 is 1.52. The highest BCUT2D eigenvalue weighted by molar-refractivity contribution is 5.94. The summed E-state index contributed by atoms with van der Waals surface area (Å²) in [5, 5.41) is 12.6. The Morgan fingerprint density at radius 2 is 1.83 bits per heavy atom. The number of nitrogens with zero attached hydrogens (tertiary/aromatic N) is 1. The van der Waals surface area contributed by atoms with Crippen molar-refractivity contribution in [2.75, 3.05) is 0 Å². The minimum Gasteiger partial charge on any atom is -0.480 e. The molecular formula is C18H22N2O4. The van der Waals surface area contributed by atoms with E-state index in [2.05, 4.69) is 5.32 Å². The summed E-state index contributed by atoms with van der Waals surface area (Å²) in [6.07, 6.45) is 2.03. The first kappa shape index (κ1) is 17.7. The molecule has 0 radical (unpaired) electrons. The maximum atomic E-state index is 12.3. The molecule has 0 aliphatic heterocycles. The number of hydrogen-bond acceptors (Lipinski definition) is 3. The average Bonchev–Trinajstić information content (AvgIpc) is 2.95. The highest BCUT2D eigenvalue weighted by Crippen LogP contribution is 2.16. The summed E-state index contributed by atoms with van der Waals surface area (Å²) in [4.78, 5) is 35.4. The zero-order valence-corrected chi connectivity index (χ0v) is 13.9. The Hall–Kier alpha value is -2.63. The molecule has 2 rings (SSSR count). The number of aromatic nitrogens is 1. The molecule has 24 heavy (non-hydrogen) atoms. The Bertz CT molecular complexity index is 748. The maximum absolute atomic E-state index is 12.3. The van der Waals surface area contributed by atoms with Crippen LogP contribution < -0.4 is 5.32 Å². The van der Waals surface area contributed by atoms with Gasteiger partial charge in [0.05, 0.1) is 5.52 Å². The van der Waals surface area contributed by atoms with Gasteiger partial charge in [-0.15, -0.1) is 0 Å². The molecule has 1 atom stereocenters. The molecule has 0 aliphatic carbocycles. The summed E-state index contributed by atoms with van der Waals surface area (Å²) in [7, 11) is 0. The van der Waals surface area contributed by atoms with Gasteiger partial charge in [-0.05, 0) is 24.5 Å². The highest BCUT2D eigenvalue weighted by atomic mass is 16.4. The molecule has 1 heterocycles. The molecule has 1 aromatic heterocycles. The van der Waals surface area contributed by atoms with Gasteiger partial charge in [0.2, 0.25) is 11.8 Å². The van der Waals surface area contributed by atoms with Crippen molar-refractivity contribution < 1.29 is 19.5 Å². The molecule has 1 aromatic carbocycles. The van der Waals surface area contributed by atoms with E-state index in [1.165, 1.54) is 4.57 Å². The Balaban J connectivity index is 1.93. The van der Waals surface area contributed by atoms with Crippen LogP contribution in [0, 0.1) is 5.92 Å². The lowest BCUT2D eigenvalue weighted by molar-refractivity contribution is -0.142. The first-order valence-electron chi connectivity index (χ1n) is 8.00. The van der Waals surface area contributed by atoms with Crippen molar-refractivity contribution in [2.45, 2.75) is 39.2 Å². The fraction of sp³-hybridized carbons (Fsp3) is 0.389. The summed E-state index contributed by atoms with van der Waals surface area (Å²) >= 11 is 0. The number of carbonyl (C=O) groups excluding carboxylic acids is 2. The average molecular weight is 330 g/mol. The number of carboxylic acids is 1. The second-order valence-electron chi connectivity index (χ2n) is 6.23. The second kappa shape index (κ2) is 7.77. The maximum Gasteiger partial charge on any atom is 0.326 e. The summed E-state index contributed by atoms with van der Waals surface area (Å²) in [5.41, 5.74) is 0.797. The normalized spacial score (nSPS) is 12.3. The van der Waals surface area contributed by atoms with Crippen molar-refractivity contribution >= 4 is 28.7 Å². The number of rotatable bonds is 7.